The van der Waals surface area contributed by atoms with Gasteiger partial charge in [0, 0.05) is 6.42 Å². The predicted octanol–water partition coefficient (Wildman–Crippen LogP) is 2.26. The highest BCUT2D eigenvalue weighted by molar-refractivity contribution is 5.93. The molecule has 0 saturated heterocycles. The van der Waals surface area contributed by atoms with Crippen LogP contribution in [0.3, 0.4) is 0 Å². The van der Waals surface area contributed by atoms with Crippen molar-refractivity contribution in [1.29, 1.82) is 0 Å². The average molecular weight is 210 g/mol. The molecule has 0 N–H and O–H groups in total. The number of allylic oxidation sites excluding steroid dienone is 1. The first-order valence-corrected chi connectivity index (χ1v) is 5.59. The second kappa shape index (κ2) is 5.69. The Balaban J connectivity index is 2.73. The van der Waals surface area contributed by atoms with Crippen LogP contribution in [0.15, 0.2) is 11.6 Å². The largest absolute Gasteiger partial charge is 0.466 e. The number of ketones is 1. The topological polar surface area (TPSA) is 43.4 Å². The normalized spacial score (nSPS) is 21.1. The molecule has 0 saturated carbocycles. The van der Waals surface area contributed by atoms with Crippen LogP contribution < -0.4 is 0 Å². The zero-order valence-electron chi connectivity index (χ0n) is 9.41. The first-order valence-electron chi connectivity index (χ1n) is 5.59. The van der Waals surface area contributed by atoms with E-state index in [0.717, 1.165) is 18.4 Å². The van der Waals surface area contributed by atoms with E-state index >= 15 is 0 Å². The minimum Gasteiger partial charge on any atom is -0.466 e. The third-order valence-electron chi connectivity index (χ3n) is 2.58. The zero-order chi connectivity index (χ0) is 11.3. The molecule has 1 aliphatic carbocycles. The lowest BCUT2D eigenvalue weighted by atomic mass is 9.85. The van der Waals surface area contributed by atoms with E-state index in [4.69, 9.17) is 4.74 Å². The molecule has 3 heteroatoms. The van der Waals surface area contributed by atoms with Crippen molar-refractivity contribution in [1.82, 2.24) is 0 Å². The molecule has 1 atom stereocenters. The molecule has 1 unspecified atom stereocenters. The summed E-state index contributed by atoms with van der Waals surface area (Å²) in [4.78, 5) is 22.9. The van der Waals surface area contributed by atoms with Gasteiger partial charge in [-0.15, -0.1) is 0 Å². The highest BCUT2D eigenvalue weighted by Gasteiger charge is 2.27. The van der Waals surface area contributed by atoms with Crippen LogP contribution in [0.2, 0.25) is 0 Å². The van der Waals surface area contributed by atoms with Crippen LogP contribution in [0.1, 0.15) is 39.5 Å². The Hall–Kier alpha value is -1.12. The Morgan fingerprint density at radius 2 is 2.27 bits per heavy atom. The summed E-state index contributed by atoms with van der Waals surface area (Å²) in [5.74, 6) is -0.216. The van der Waals surface area contributed by atoms with Gasteiger partial charge in [0.2, 0.25) is 0 Å². The minimum atomic E-state index is -0.178. The molecule has 1 rings (SSSR count). The van der Waals surface area contributed by atoms with Crippen molar-refractivity contribution in [3.8, 4) is 0 Å². The monoisotopic (exact) mass is 210 g/mol. The lowest BCUT2D eigenvalue weighted by Crippen LogP contribution is -2.24. The standard InChI is InChI=1S/C12H18O3/c1-3-5-9-8-10(13)6-7-11(9)12(14)15-4-2/h8,11H,3-7H2,1-2H3. The van der Waals surface area contributed by atoms with E-state index in [9.17, 15) is 9.59 Å². The summed E-state index contributed by atoms with van der Waals surface area (Å²) >= 11 is 0. The zero-order valence-corrected chi connectivity index (χ0v) is 9.41. The van der Waals surface area contributed by atoms with E-state index < -0.39 is 0 Å². The highest BCUT2D eigenvalue weighted by atomic mass is 16.5. The van der Waals surface area contributed by atoms with Gasteiger partial charge in [-0.2, -0.15) is 0 Å². The van der Waals surface area contributed by atoms with Gasteiger partial charge in [-0.1, -0.05) is 18.9 Å². The first kappa shape index (κ1) is 12.0. The SMILES string of the molecule is CCCC1=CC(=O)CCC1C(=O)OCC. The molecular weight excluding hydrogens is 192 g/mol. The summed E-state index contributed by atoms with van der Waals surface area (Å²) in [5, 5.41) is 0. The van der Waals surface area contributed by atoms with Crippen molar-refractivity contribution in [2.24, 2.45) is 5.92 Å². The summed E-state index contributed by atoms with van der Waals surface area (Å²) in [6.45, 7) is 4.25. The molecule has 15 heavy (non-hydrogen) atoms. The molecule has 0 fully saturated rings. The lowest BCUT2D eigenvalue weighted by Gasteiger charge is -2.21. The highest BCUT2D eigenvalue weighted by Crippen LogP contribution is 2.27. The van der Waals surface area contributed by atoms with Gasteiger partial charge in [-0.05, 0) is 25.8 Å². The summed E-state index contributed by atoms with van der Waals surface area (Å²) in [6.07, 6.45) is 4.49. The van der Waals surface area contributed by atoms with Gasteiger partial charge in [-0.25, -0.2) is 0 Å². The minimum absolute atomic E-state index is 0.138. The van der Waals surface area contributed by atoms with Gasteiger partial charge >= 0.3 is 5.97 Å². The number of hydrogen-bond acceptors (Lipinski definition) is 3. The Morgan fingerprint density at radius 1 is 1.53 bits per heavy atom. The van der Waals surface area contributed by atoms with Crippen LogP contribution in [0.25, 0.3) is 0 Å². The quantitative estimate of drug-likeness (QED) is 0.668. The molecule has 0 spiro atoms. The maximum atomic E-state index is 11.6. The fraction of sp³-hybridized carbons (Fsp3) is 0.667. The molecule has 0 radical (unpaired) electrons. The Morgan fingerprint density at radius 3 is 2.87 bits per heavy atom. The van der Waals surface area contributed by atoms with Gasteiger partial charge in [-0.3, -0.25) is 9.59 Å². The molecule has 3 nitrogen and oxygen atoms in total. The maximum Gasteiger partial charge on any atom is 0.313 e. The smallest absolute Gasteiger partial charge is 0.313 e. The Kier molecular flexibility index (Phi) is 4.53. The van der Waals surface area contributed by atoms with Gasteiger partial charge in [0.05, 0.1) is 12.5 Å². The molecule has 0 aromatic carbocycles. The van der Waals surface area contributed by atoms with Crippen molar-refractivity contribution in [3.05, 3.63) is 11.6 Å². The fourth-order valence-electron chi connectivity index (χ4n) is 1.90. The van der Waals surface area contributed by atoms with Crippen molar-refractivity contribution in [2.75, 3.05) is 6.61 Å². The fourth-order valence-corrected chi connectivity index (χ4v) is 1.90. The summed E-state index contributed by atoms with van der Waals surface area (Å²) in [6, 6.07) is 0. The van der Waals surface area contributed by atoms with Gasteiger partial charge in [0.1, 0.15) is 0 Å². The Labute approximate surface area is 90.5 Å². The van der Waals surface area contributed by atoms with E-state index in [1.54, 1.807) is 13.0 Å². The third kappa shape index (κ3) is 3.18. The van der Waals surface area contributed by atoms with Crippen LogP contribution in [-0.2, 0) is 14.3 Å². The van der Waals surface area contributed by atoms with Gasteiger partial charge in [0.15, 0.2) is 5.78 Å². The Bertz CT molecular complexity index is 279. The molecule has 0 bridgehead atoms. The number of carbonyl (C=O) groups is 2. The first-order chi connectivity index (χ1) is 7.19. The molecule has 0 heterocycles. The molecular formula is C12H18O3. The molecule has 0 amide bonds. The van der Waals surface area contributed by atoms with Crippen molar-refractivity contribution < 1.29 is 14.3 Å². The van der Waals surface area contributed by atoms with Gasteiger partial charge in [0.25, 0.3) is 0 Å². The van der Waals surface area contributed by atoms with Crippen molar-refractivity contribution >= 4 is 11.8 Å². The second-order valence-electron chi connectivity index (χ2n) is 3.78. The third-order valence-corrected chi connectivity index (χ3v) is 2.58. The average Bonchev–Trinajstić information content (AvgIpc) is 2.18. The second-order valence-corrected chi connectivity index (χ2v) is 3.78. The number of esters is 1. The van der Waals surface area contributed by atoms with Crippen LogP contribution in [0.5, 0.6) is 0 Å². The van der Waals surface area contributed by atoms with E-state index in [1.807, 2.05) is 6.92 Å². The lowest BCUT2D eigenvalue weighted by molar-refractivity contribution is -0.147. The van der Waals surface area contributed by atoms with E-state index in [-0.39, 0.29) is 17.7 Å². The van der Waals surface area contributed by atoms with Crippen LogP contribution in [-0.4, -0.2) is 18.4 Å². The number of ether oxygens (including phenoxy) is 1. The summed E-state index contributed by atoms with van der Waals surface area (Å²) in [5.41, 5.74) is 0.951. The predicted molar refractivity (Wildman–Crippen MR) is 57.4 cm³/mol. The van der Waals surface area contributed by atoms with Crippen molar-refractivity contribution in [3.63, 3.8) is 0 Å². The summed E-state index contributed by atoms with van der Waals surface area (Å²) in [7, 11) is 0. The molecule has 0 aromatic rings. The van der Waals surface area contributed by atoms with Crippen LogP contribution in [0, 0.1) is 5.92 Å². The van der Waals surface area contributed by atoms with Crippen LogP contribution >= 0.6 is 0 Å². The number of carbonyl (C=O) groups excluding carboxylic acids is 2. The van der Waals surface area contributed by atoms with E-state index in [0.29, 0.717) is 19.4 Å². The van der Waals surface area contributed by atoms with E-state index in [1.165, 1.54) is 0 Å². The molecule has 84 valence electrons. The molecule has 0 aliphatic heterocycles. The molecule has 1 aliphatic rings. The van der Waals surface area contributed by atoms with E-state index in [2.05, 4.69) is 0 Å². The summed E-state index contributed by atoms with van der Waals surface area (Å²) < 4.78 is 5.00. The van der Waals surface area contributed by atoms with Crippen LogP contribution in [0.4, 0.5) is 0 Å². The number of hydrogen-bond donors (Lipinski definition) is 0. The maximum absolute atomic E-state index is 11.6. The van der Waals surface area contributed by atoms with Gasteiger partial charge < -0.3 is 4.74 Å². The van der Waals surface area contributed by atoms with Crippen molar-refractivity contribution in [2.45, 2.75) is 39.5 Å². The molecule has 0 aromatic heterocycles. The number of rotatable bonds is 4.